The van der Waals surface area contributed by atoms with Gasteiger partial charge in [0.1, 0.15) is 0 Å². The van der Waals surface area contributed by atoms with Gasteiger partial charge in [0.15, 0.2) is 0 Å². The van der Waals surface area contributed by atoms with E-state index >= 15 is 0 Å². The van der Waals surface area contributed by atoms with E-state index in [0.717, 1.165) is 0 Å². The predicted molar refractivity (Wildman–Crippen MR) is 88.9 cm³/mol. The molecule has 0 aliphatic heterocycles. The van der Waals surface area contributed by atoms with Gasteiger partial charge in [-0.2, -0.15) is 5.24 Å². The Morgan fingerprint density at radius 2 is 1.06 bits per heavy atom. The van der Waals surface area contributed by atoms with E-state index in [4.69, 9.17) is 24.1 Å². The Morgan fingerprint density at radius 3 is 1.39 bits per heavy atom. The van der Waals surface area contributed by atoms with Crippen LogP contribution in [0, 0.1) is 0 Å². The molecule has 4 heteroatoms. The van der Waals surface area contributed by atoms with Crippen molar-refractivity contribution in [3.05, 3.63) is 0 Å². The zero-order valence-electron chi connectivity index (χ0n) is 12.7. The van der Waals surface area contributed by atoms with Crippen LogP contribution >= 0.6 is 5.24 Å². The van der Waals surface area contributed by atoms with Gasteiger partial charge in [-0.1, -0.05) is 78.1 Å². The minimum absolute atomic E-state index is 0. The molecule has 0 aromatic rings. The van der Waals surface area contributed by atoms with Crippen molar-refractivity contribution < 1.29 is 29.6 Å². The molecule has 0 heterocycles. The summed E-state index contributed by atoms with van der Waals surface area (Å²) in [5.41, 5.74) is 0. The van der Waals surface area contributed by atoms with Gasteiger partial charge in [0.25, 0.3) is 0 Å². The van der Waals surface area contributed by atoms with Gasteiger partial charge < -0.3 is 12.2 Å². The van der Waals surface area contributed by atoms with Gasteiger partial charge in [-0.15, -0.1) is 11.8 Å². The van der Waals surface area contributed by atoms with Crippen LogP contribution < -0.4 is 29.6 Å². The van der Waals surface area contributed by atoms with Crippen molar-refractivity contribution in [1.29, 1.82) is 0 Å². The Balaban J connectivity index is 0. The molecule has 0 fully saturated rings. The fraction of sp³-hybridized carbons (Fsp3) is 1.00. The Hall–Kier alpha value is 2.00. The number of hydrogen-bond donors (Lipinski definition) is 0. The quantitative estimate of drug-likeness (QED) is 0.235. The average Bonchev–Trinajstić information content (AvgIpc) is 2.28. The number of unbranched alkanes of at least 4 members (excludes halogenated alkanes) is 8. The molecule has 18 heavy (non-hydrogen) atoms. The molecule has 0 unspecified atom stereocenters. The largest absolute Gasteiger partial charge is 1.00 e. The Labute approximate surface area is 148 Å². The third-order valence-corrected chi connectivity index (χ3v) is 7.39. The zero-order valence-corrected chi connectivity index (χ0v) is 17.3. The molecule has 0 amide bonds. The van der Waals surface area contributed by atoms with Gasteiger partial charge >= 0.3 is 29.6 Å². The summed E-state index contributed by atoms with van der Waals surface area (Å²) in [6.07, 6.45) is 15.7. The minimum Gasteiger partial charge on any atom is -0.746 e. The summed E-state index contributed by atoms with van der Waals surface area (Å²) in [4.78, 5) is 0. The van der Waals surface area contributed by atoms with E-state index in [1.165, 1.54) is 76.5 Å². The van der Waals surface area contributed by atoms with Gasteiger partial charge in [0.05, 0.1) is 0 Å². The third kappa shape index (κ3) is 16.1. The zero-order chi connectivity index (χ0) is 13.0. The van der Waals surface area contributed by atoms with Crippen molar-refractivity contribution in [2.75, 3.05) is 12.3 Å². The topological polar surface area (TPSA) is 0 Å². The Morgan fingerprint density at radius 1 is 0.722 bits per heavy atom. The second-order valence-corrected chi connectivity index (χ2v) is 12.5. The monoisotopic (exact) mass is 316 g/mol. The van der Waals surface area contributed by atoms with Crippen LogP contribution in [0.4, 0.5) is 0 Å². The van der Waals surface area contributed by atoms with E-state index in [0.29, 0.717) is 0 Å². The smallest absolute Gasteiger partial charge is 0.746 e. The third-order valence-electron chi connectivity index (χ3n) is 3.20. The molecule has 0 aliphatic rings. The van der Waals surface area contributed by atoms with Crippen LogP contribution in [0.5, 0.6) is 0 Å². The van der Waals surface area contributed by atoms with E-state index in [-0.39, 0.29) is 29.6 Å². The molecule has 0 radical (unpaired) electrons. The summed E-state index contributed by atoms with van der Waals surface area (Å²) in [6.45, 7) is 4.52. The van der Waals surface area contributed by atoms with Gasteiger partial charge in [0.2, 0.25) is 0 Å². The van der Waals surface area contributed by atoms with Crippen LogP contribution in [0.1, 0.15) is 78.1 Å². The van der Waals surface area contributed by atoms with Crippen LogP contribution in [0.15, 0.2) is 0 Å². The van der Waals surface area contributed by atoms with Crippen molar-refractivity contribution in [3.63, 3.8) is 0 Å². The Bertz CT molecular complexity index is 192. The van der Waals surface area contributed by atoms with Crippen LogP contribution in [-0.4, -0.2) is 12.3 Å². The molecule has 0 nitrogen and oxygen atoms in total. The minimum atomic E-state index is -1.37. The molecular formula is C14H30NaPS2. The molecule has 0 aliphatic carbocycles. The summed E-state index contributed by atoms with van der Waals surface area (Å²) in [7, 11) is 0. The van der Waals surface area contributed by atoms with Crippen LogP contribution in [0.2, 0.25) is 0 Å². The number of hydrogen-bond acceptors (Lipinski definition) is 2. The average molecular weight is 316 g/mol. The van der Waals surface area contributed by atoms with Crippen molar-refractivity contribution in [2.24, 2.45) is 0 Å². The molecule has 0 atom stereocenters. The van der Waals surface area contributed by atoms with Gasteiger partial charge in [-0.25, -0.2) is 0 Å². The fourth-order valence-electron chi connectivity index (χ4n) is 2.02. The van der Waals surface area contributed by atoms with Crippen molar-refractivity contribution in [1.82, 2.24) is 0 Å². The van der Waals surface area contributed by atoms with E-state index in [2.05, 4.69) is 13.8 Å². The first-order chi connectivity index (χ1) is 8.12. The normalized spacial score (nSPS) is 11.3. The summed E-state index contributed by atoms with van der Waals surface area (Å²) < 4.78 is 0. The maximum atomic E-state index is 5.63. The maximum absolute atomic E-state index is 5.63. The second-order valence-electron chi connectivity index (χ2n) is 5.09. The van der Waals surface area contributed by atoms with Gasteiger partial charge in [-0.05, 0) is 12.3 Å². The SMILES string of the molecule is CCCCCCCP(=S)([S-])CCCCCCC.[Na+]. The molecule has 0 spiro atoms. The summed E-state index contributed by atoms with van der Waals surface area (Å²) in [5.74, 6) is 0. The van der Waals surface area contributed by atoms with Crippen LogP contribution in [0.25, 0.3) is 0 Å². The molecule has 0 saturated carbocycles. The number of rotatable bonds is 12. The first-order valence-corrected chi connectivity index (χ1v) is 11.6. The molecule has 0 rings (SSSR count). The summed E-state index contributed by atoms with van der Waals surface area (Å²) in [5, 5.41) is -1.37. The van der Waals surface area contributed by atoms with E-state index in [1.807, 2.05) is 0 Å². The first kappa shape index (κ1) is 22.3. The standard InChI is InChI=1S/C14H31PS2.Na/c1-3-5-7-9-11-13-15(16,17)14-12-10-8-6-4-2;/h3-14H2,1-2H3,(H,16,17);/q;+1/p-1. The van der Waals surface area contributed by atoms with Gasteiger partial charge in [-0.3, -0.25) is 0 Å². The summed E-state index contributed by atoms with van der Waals surface area (Å²) >= 11 is 11.3. The second kappa shape index (κ2) is 15.4. The molecular weight excluding hydrogens is 286 g/mol. The molecule has 0 aromatic carbocycles. The first-order valence-electron chi connectivity index (χ1n) is 7.41. The van der Waals surface area contributed by atoms with E-state index in [9.17, 15) is 0 Å². The fourth-order valence-corrected chi connectivity index (χ4v) is 5.21. The van der Waals surface area contributed by atoms with Gasteiger partial charge in [0, 0.05) is 0 Å². The molecule has 0 bridgehead atoms. The van der Waals surface area contributed by atoms with Crippen LogP contribution in [0.3, 0.4) is 0 Å². The molecule has 0 aromatic heterocycles. The van der Waals surface area contributed by atoms with Crippen LogP contribution in [-0.2, 0) is 24.1 Å². The van der Waals surface area contributed by atoms with E-state index in [1.54, 1.807) is 0 Å². The van der Waals surface area contributed by atoms with E-state index < -0.39 is 5.24 Å². The predicted octanol–water partition coefficient (Wildman–Crippen LogP) is 2.87. The molecule has 104 valence electrons. The molecule has 0 N–H and O–H groups in total. The van der Waals surface area contributed by atoms with Crippen molar-refractivity contribution in [2.45, 2.75) is 78.1 Å². The van der Waals surface area contributed by atoms with Crippen molar-refractivity contribution in [3.8, 4) is 0 Å². The molecule has 0 saturated heterocycles. The maximum Gasteiger partial charge on any atom is 1.00 e. The summed E-state index contributed by atoms with van der Waals surface area (Å²) in [6, 6.07) is 0. The van der Waals surface area contributed by atoms with Crippen molar-refractivity contribution >= 4 is 29.3 Å². The Kier molecular flexibility index (Phi) is 19.1.